The van der Waals surface area contributed by atoms with E-state index in [0.29, 0.717) is 0 Å². The molecule has 0 amide bonds. The van der Waals surface area contributed by atoms with Gasteiger partial charge in [0, 0.05) is 27.2 Å². The Labute approximate surface area is 68.2 Å². The number of aryl methyl sites for hydroxylation is 1. The van der Waals surface area contributed by atoms with Crippen LogP contribution in [-0.2, 0) is 7.05 Å². The van der Waals surface area contributed by atoms with E-state index in [-0.39, 0.29) is 8.41 Å². The fourth-order valence-corrected chi connectivity index (χ4v) is 1.22. The van der Waals surface area contributed by atoms with Gasteiger partial charge in [0.2, 0.25) is 0 Å². The second-order valence-electron chi connectivity index (χ2n) is 2.49. The lowest BCUT2D eigenvalue weighted by Gasteiger charge is -1.92. The minimum atomic E-state index is 0. The quantitative estimate of drug-likeness (QED) is 0.494. The van der Waals surface area contributed by atoms with Crippen LogP contribution in [0.5, 0.6) is 0 Å². The molecule has 0 aliphatic carbocycles. The van der Waals surface area contributed by atoms with E-state index in [1.54, 1.807) is 0 Å². The van der Waals surface area contributed by atoms with Crippen LogP contribution in [0.2, 0.25) is 0 Å². The Balaban J connectivity index is 0.000000605. The molecule has 0 saturated carbocycles. The second kappa shape index (κ2) is 2.83. The van der Waals surface area contributed by atoms with Gasteiger partial charge in [-0.15, -0.1) is 0 Å². The van der Waals surface area contributed by atoms with Gasteiger partial charge in [0.15, 0.2) is 0 Å². The van der Waals surface area contributed by atoms with Crippen LogP contribution in [0.1, 0.15) is 0 Å². The lowest BCUT2D eigenvalue weighted by Crippen LogP contribution is -1.81. The van der Waals surface area contributed by atoms with E-state index in [9.17, 15) is 0 Å². The number of rotatable bonds is 0. The van der Waals surface area contributed by atoms with Crippen LogP contribution in [0.15, 0.2) is 36.5 Å². The molecule has 0 atom stereocenters. The van der Waals surface area contributed by atoms with Crippen molar-refractivity contribution in [3.05, 3.63) is 36.5 Å². The monoisotopic (exact) mass is 142 g/mol. The van der Waals surface area contributed by atoms with Crippen LogP contribution in [0, 0.1) is 0 Å². The van der Waals surface area contributed by atoms with Crippen molar-refractivity contribution in [3.8, 4) is 0 Å². The van der Waals surface area contributed by atoms with Crippen molar-refractivity contribution in [2.75, 3.05) is 0 Å². The van der Waals surface area contributed by atoms with Gasteiger partial charge in [-0.25, -0.2) is 0 Å². The van der Waals surface area contributed by atoms with E-state index < -0.39 is 0 Å². The maximum Gasteiger partial charge on any atom is 0.0477 e. The first-order chi connectivity index (χ1) is 4.88. The number of aromatic nitrogens is 1. The summed E-state index contributed by atoms with van der Waals surface area (Å²) < 4.78 is 2.12. The Morgan fingerprint density at radius 2 is 1.82 bits per heavy atom. The Hall–Kier alpha value is -1.18. The maximum absolute atomic E-state index is 2.12. The van der Waals surface area contributed by atoms with Gasteiger partial charge in [0.05, 0.1) is 0 Å². The molecule has 0 unspecified atom stereocenters. The summed E-state index contributed by atoms with van der Waals surface area (Å²) in [6.07, 6.45) is 2.07. The molecule has 11 heavy (non-hydrogen) atoms. The minimum Gasteiger partial charge on any atom is -0.351 e. The predicted octanol–water partition coefficient (Wildman–Crippen LogP) is 1.80. The average molecular weight is 142 g/mol. The Kier molecular flexibility index (Phi) is 2.04. The molecule has 1 heterocycles. The van der Waals surface area contributed by atoms with Crippen molar-refractivity contribution in [3.63, 3.8) is 0 Å². The molecular formula is C9H9BN. The molecule has 0 aliphatic heterocycles. The smallest absolute Gasteiger partial charge is 0.0477 e. The Morgan fingerprint density at radius 3 is 2.55 bits per heavy atom. The summed E-state index contributed by atoms with van der Waals surface area (Å²) in [6.45, 7) is 0. The van der Waals surface area contributed by atoms with E-state index in [2.05, 4.69) is 48.1 Å². The number of benzene rings is 1. The second-order valence-corrected chi connectivity index (χ2v) is 2.49. The highest BCUT2D eigenvalue weighted by Crippen LogP contribution is 2.12. The van der Waals surface area contributed by atoms with E-state index in [1.807, 2.05) is 0 Å². The van der Waals surface area contributed by atoms with Gasteiger partial charge in [0.1, 0.15) is 0 Å². The van der Waals surface area contributed by atoms with Gasteiger partial charge in [-0.2, -0.15) is 0 Å². The molecule has 0 fully saturated rings. The molecule has 0 N–H and O–H groups in total. The zero-order valence-corrected chi connectivity index (χ0v) is 6.49. The lowest BCUT2D eigenvalue weighted by molar-refractivity contribution is 0.969. The molecule has 1 aromatic heterocycles. The molecule has 53 valence electrons. The molecule has 0 saturated heterocycles. The highest BCUT2D eigenvalue weighted by Gasteiger charge is 1.92. The topological polar surface area (TPSA) is 4.93 Å². The molecule has 2 aromatic rings. The molecule has 1 nitrogen and oxygen atoms in total. The molecule has 2 rings (SSSR count). The van der Waals surface area contributed by atoms with Crippen molar-refractivity contribution >= 4 is 19.3 Å². The van der Waals surface area contributed by atoms with Gasteiger partial charge in [-0.1, -0.05) is 18.2 Å². The normalized spacial score (nSPS) is 9.55. The fourth-order valence-electron chi connectivity index (χ4n) is 1.22. The third-order valence-corrected chi connectivity index (χ3v) is 1.79. The average Bonchev–Trinajstić information content (AvgIpc) is 2.34. The summed E-state index contributed by atoms with van der Waals surface area (Å²) in [5, 5.41) is 1.31. The predicted molar refractivity (Wildman–Crippen MR) is 48.7 cm³/mol. The van der Waals surface area contributed by atoms with Gasteiger partial charge in [-0.3, -0.25) is 0 Å². The van der Waals surface area contributed by atoms with Crippen LogP contribution in [-0.4, -0.2) is 13.0 Å². The molecule has 0 spiro atoms. The summed E-state index contributed by atoms with van der Waals surface area (Å²) in [6, 6.07) is 10.5. The van der Waals surface area contributed by atoms with Crippen LogP contribution < -0.4 is 0 Å². The highest BCUT2D eigenvalue weighted by atomic mass is 14.9. The summed E-state index contributed by atoms with van der Waals surface area (Å²) in [5.74, 6) is 0. The number of hydrogen-bond donors (Lipinski definition) is 0. The van der Waals surface area contributed by atoms with Crippen LogP contribution in [0.25, 0.3) is 10.9 Å². The van der Waals surface area contributed by atoms with Crippen LogP contribution in [0.4, 0.5) is 0 Å². The molecule has 0 bridgehead atoms. The molecule has 0 aliphatic rings. The zero-order chi connectivity index (χ0) is 6.97. The van der Waals surface area contributed by atoms with Gasteiger partial charge in [-0.05, 0) is 17.5 Å². The van der Waals surface area contributed by atoms with Crippen molar-refractivity contribution in [2.24, 2.45) is 7.05 Å². The molecular weight excluding hydrogens is 133 g/mol. The van der Waals surface area contributed by atoms with Crippen molar-refractivity contribution < 1.29 is 0 Å². The first kappa shape index (κ1) is 7.93. The van der Waals surface area contributed by atoms with Crippen molar-refractivity contribution in [1.82, 2.24) is 4.57 Å². The van der Waals surface area contributed by atoms with E-state index in [1.165, 1.54) is 10.9 Å². The van der Waals surface area contributed by atoms with Crippen molar-refractivity contribution in [1.29, 1.82) is 0 Å². The first-order valence-electron chi connectivity index (χ1n) is 3.38. The Morgan fingerprint density at radius 1 is 1.09 bits per heavy atom. The third kappa shape index (κ3) is 1.16. The van der Waals surface area contributed by atoms with E-state index >= 15 is 0 Å². The summed E-state index contributed by atoms with van der Waals surface area (Å²) >= 11 is 0. The lowest BCUT2D eigenvalue weighted by atomic mass is 10.2. The third-order valence-electron chi connectivity index (χ3n) is 1.79. The number of nitrogens with zero attached hydrogens (tertiary/aromatic N) is 1. The van der Waals surface area contributed by atoms with E-state index in [4.69, 9.17) is 0 Å². The largest absolute Gasteiger partial charge is 0.351 e. The van der Waals surface area contributed by atoms with Gasteiger partial charge in [0.25, 0.3) is 0 Å². The van der Waals surface area contributed by atoms with Crippen LogP contribution >= 0.6 is 0 Å². The molecule has 1 aromatic carbocycles. The van der Waals surface area contributed by atoms with Crippen molar-refractivity contribution in [2.45, 2.75) is 0 Å². The summed E-state index contributed by atoms with van der Waals surface area (Å²) in [4.78, 5) is 0. The van der Waals surface area contributed by atoms with Gasteiger partial charge < -0.3 is 4.57 Å². The minimum absolute atomic E-state index is 0. The Bertz CT molecular complexity index is 351. The van der Waals surface area contributed by atoms with Crippen LogP contribution in [0.3, 0.4) is 0 Å². The highest BCUT2D eigenvalue weighted by molar-refractivity contribution is 5.79. The summed E-state index contributed by atoms with van der Waals surface area (Å²) in [5.41, 5.74) is 1.29. The first-order valence-corrected chi connectivity index (χ1v) is 3.38. The zero-order valence-electron chi connectivity index (χ0n) is 6.49. The number of hydrogen-bond acceptors (Lipinski definition) is 0. The number of para-hydroxylation sites is 1. The van der Waals surface area contributed by atoms with E-state index in [0.717, 1.165) is 0 Å². The maximum atomic E-state index is 2.12. The fraction of sp³-hybridized carbons (Fsp3) is 0.111. The SMILES string of the molecule is Cn1ccc2ccccc21.[B]. The molecule has 2 heteroatoms. The standard InChI is InChI=1S/C9H9N.B/c1-10-7-6-8-4-2-3-5-9(8)10;/h2-7H,1H3;. The summed E-state index contributed by atoms with van der Waals surface area (Å²) in [7, 11) is 2.06. The number of fused-ring (bicyclic) bond motifs is 1. The van der Waals surface area contributed by atoms with Gasteiger partial charge >= 0.3 is 0 Å². The molecule has 3 radical (unpaired) electrons.